The van der Waals surface area contributed by atoms with Gasteiger partial charge in [0.1, 0.15) is 17.2 Å². The number of benzene rings is 1. The Morgan fingerprint density at radius 2 is 2.00 bits per heavy atom. The van der Waals surface area contributed by atoms with Gasteiger partial charge in [-0.3, -0.25) is 9.78 Å². The van der Waals surface area contributed by atoms with E-state index in [1.54, 1.807) is 6.20 Å². The van der Waals surface area contributed by atoms with Crippen molar-refractivity contribution in [3.63, 3.8) is 0 Å². The molecule has 2 heterocycles. The lowest BCUT2D eigenvalue weighted by molar-refractivity contribution is 0.0936. The first kappa shape index (κ1) is 14.3. The molecule has 1 N–H and O–H groups in total. The molecule has 3 rings (SSSR count). The van der Waals surface area contributed by atoms with E-state index >= 15 is 0 Å². The Bertz CT molecular complexity index is 831. The van der Waals surface area contributed by atoms with E-state index in [0.29, 0.717) is 5.69 Å². The number of aryl methyl sites for hydroxylation is 2. The Hall–Kier alpha value is -2.62. The van der Waals surface area contributed by atoms with E-state index in [-0.39, 0.29) is 11.9 Å². The topological polar surface area (TPSA) is 55.1 Å². The van der Waals surface area contributed by atoms with Gasteiger partial charge in [-0.15, -0.1) is 0 Å². The molecule has 0 aliphatic rings. The monoisotopic (exact) mass is 294 g/mol. The predicted octanol–water partition coefficient (Wildman–Crippen LogP) is 3.94. The van der Waals surface area contributed by atoms with Crippen LogP contribution in [0.25, 0.3) is 10.8 Å². The summed E-state index contributed by atoms with van der Waals surface area (Å²) < 4.78 is 5.53. The summed E-state index contributed by atoms with van der Waals surface area (Å²) in [6.45, 7) is 5.75. The van der Waals surface area contributed by atoms with Crippen LogP contribution in [0.4, 0.5) is 0 Å². The molecule has 22 heavy (non-hydrogen) atoms. The lowest BCUT2D eigenvalue weighted by Gasteiger charge is -2.13. The third-order valence-corrected chi connectivity index (χ3v) is 3.78. The molecule has 1 aromatic carbocycles. The molecule has 0 saturated carbocycles. The number of hydrogen-bond acceptors (Lipinski definition) is 3. The van der Waals surface area contributed by atoms with Gasteiger partial charge in [0, 0.05) is 17.1 Å². The van der Waals surface area contributed by atoms with Gasteiger partial charge in [-0.1, -0.05) is 24.3 Å². The Balaban J connectivity index is 1.89. The molecule has 1 amide bonds. The number of pyridine rings is 1. The van der Waals surface area contributed by atoms with Gasteiger partial charge in [-0.2, -0.15) is 0 Å². The summed E-state index contributed by atoms with van der Waals surface area (Å²) in [5, 5.41) is 4.86. The standard InChI is InChI=1S/C18H18N2O2/c1-11-10-16(13(3)22-11)12(2)20-18(21)17-15-7-5-4-6-14(15)8-9-19-17/h4-10,12H,1-3H3,(H,20,21). The normalized spacial score (nSPS) is 12.3. The fourth-order valence-corrected chi connectivity index (χ4v) is 2.72. The van der Waals surface area contributed by atoms with Crippen LogP contribution in [-0.2, 0) is 0 Å². The molecular formula is C18H18N2O2. The van der Waals surface area contributed by atoms with Crippen molar-refractivity contribution < 1.29 is 9.21 Å². The van der Waals surface area contributed by atoms with Crippen molar-refractivity contribution in [2.45, 2.75) is 26.8 Å². The number of hydrogen-bond donors (Lipinski definition) is 1. The molecule has 0 aliphatic carbocycles. The fraction of sp³-hybridized carbons (Fsp3) is 0.222. The Labute approximate surface area is 129 Å². The van der Waals surface area contributed by atoms with Gasteiger partial charge in [-0.25, -0.2) is 0 Å². The summed E-state index contributed by atoms with van der Waals surface area (Å²) in [7, 11) is 0. The fourth-order valence-electron chi connectivity index (χ4n) is 2.72. The molecule has 1 unspecified atom stereocenters. The average Bonchev–Trinajstić information content (AvgIpc) is 2.85. The second-order valence-electron chi connectivity index (χ2n) is 5.44. The van der Waals surface area contributed by atoms with E-state index in [4.69, 9.17) is 4.42 Å². The number of aromatic nitrogens is 1. The molecule has 4 heteroatoms. The largest absolute Gasteiger partial charge is 0.466 e. The molecule has 1 atom stereocenters. The lowest BCUT2D eigenvalue weighted by atomic mass is 10.1. The Kier molecular flexibility index (Phi) is 3.67. The molecule has 0 radical (unpaired) electrons. The van der Waals surface area contributed by atoms with Crippen LogP contribution in [-0.4, -0.2) is 10.9 Å². The van der Waals surface area contributed by atoms with Crippen LogP contribution in [0.1, 0.15) is 40.5 Å². The smallest absolute Gasteiger partial charge is 0.270 e. The number of nitrogens with zero attached hydrogens (tertiary/aromatic N) is 1. The zero-order valence-electron chi connectivity index (χ0n) is 12.9. The first-order chi connectivity index (χ1) is 10.6. The second kappa shape index (κ2) is 5.64. The maximum Gasteiger partial charge on any atom is 0.270 e. The van der Waals surface area contributed by atoms with E-state index in [2.05, 4.69) is 10.3 Å². The van der Waals surface area contributed by atoms with Crippen LogP contribution >= 0.6 is 0 Å². The Morgan fingerprint density at radius 1 is 1.23 bits per heavy atom. The number of nitrogens with one attached hydrogen (secondary N) is 1. The number of fused-ring (bicyclic) bond motifs is 1. The van der Waals surface area contributed by atoms with Crippen LogP contribution < -0.4 is 5.32 Å². The van der Waals surface area contributed by atoms with Gasteiger partial charge < -0.3 is 9.73 Å². The molecule has 0 bridgehead atoms. The number of rotatable bonds is 3. The van der Waals surface area contributed by atoms with Crippen molar-refractivity contribution in [2.75, 3.05) is 0 Å². The molecular weight excluding hydrogens is 276 g/mol. The van der Waals surface area contributed by atoms with Gasteiger partial charge in [-0.05, 0) is 38.3 Å². The summed E-state index contributed by atoms with van der Waals surface area (Å²) in [5.74, 6) is 1.50. The Morgan fingerprint density at radius 3 is 2.73 bits per heavy atom. The van der Waals surface area contributed by atoms with E-state index in [1.807, 2.05) is 57.2 Å². The summed E-state index contributed by atoms with van der Waals surface area (Å²) >= 11 is 0. The van der Waals surface area contributed by atoms with E-state index in [0.717, 1.165) is 27.9 Å². The van der Waals surface area contributed by atoms with Crippen molar-refractivity contribution in [3.8, 4) is 0 Å². The molecule has 0 saturated heterocycles. The summed E-state index contributed by atoms with van der Waals surface area (Å²) in [5.41, 5.74) is 1.44. The van der Waals surface area contributed by atoms with Crippen LogP contribution in [0.5, 0.6) is 0 Å². The number of carbonyl (C=O) groups excluding carboxylic acids is 1. The third kappa shape index (κ3) is 2.60. The first-order valence-corrected chi connectivity index (χ1v) is 7.28. The van der Waals surface area contributed by atoms with Gasteiger partial charge in [0.05, 0.1) is 6.04 Å². The summed E-state index contributed by atoms with van der Waals surface area (Å²) in [6.07, 6.45) is 1.66. The van der Waals surface area contributed by atoms with Crippen LogP contribution in [0, 0.1) is 13.8 Å². The van der Waals surface area contributed by atoms with Crippen molar-refractivity contribution in [3.05, 3.63) is 65.4 Å². The highest BCUT2D eigenvalue weighted by Gasteiger charge is 2.18. The molecule has 2 aromatic heterocycles. The highest BCUT2D eigenvalue weighted by molar-refractivity contribution is 6.05. The van der Waals surface area contributed by atoms with E-state index < -0.39 is 0 Å². The van der Waals surface area contributed by atoms with Gasteiger partial charge in [0.25, 0.3) is 5.91 Å². The molecule has 0 aliphatic heterocycles. The van der Waals surface area contributed by atoms with E-state index in [1.165, 1.54) is 0 Å². The maximum atomic E-state index is 12.6. The van der Waals surface area contributed by atoms with Gasteiger partial charge >= 0.3 is 0 Å². The first-order valence-electron chi connectivity index (χ1n) is 7.28. The SMILES string of the molecule is Cc1cc(C(C)NC(=O)c2nccc3ccccc23)c(C)o1. The maximum absolute atomic E-state index is 12.6. The van der Waals surface area contributed by atoms with Crippen LogP contribution in [0.3, 0.4) is 0 Å². The highest BCUT2D eigenvalue weighted by Crippen LogP contribution is 2.22. The molecule has 0 fully saturated rings. The highest BCUT2D eigenvalue weighted by atomic mass is 16.3. The molecule has 3 aromatic rings. The van der Waals surface area contributed by atoms with Crippen molar-refractivity contribution in [1.82, 2.24) is 10.3 Å². The quantitative estimate of drug-likeness (QED) is 0.796. The molecule has 0 spiro atoms. The third-order valence-electron chi connectivity index (χ3n) is 3.78. The van der Waals surface area contributed by atoms with Crippen LogP contribution in [0.2, 0.25) is 0 Å². The molecule has 112 valence electrons. The van der Waals surface area contributed by atoms with E-state index in [9.17, 15) is 4.79 Å². The van der Waals surface area contributed by atoms with Crippen molar-refractivity contribution in [2.24, 2.45) is 0 Å². The molecule has 4 nitrogen and oxygen atoms in total. The van der Waals surface area contributed by atoms with Crippen molar-refractivity contribution in [1.29, 1.82) is 0 Å². The minimum atomic E-state index is -0.178. The van der Waals surface area contributed by atoms with Crippen molar-refractivity contribution >= 4 is 16.7 Å². The second-order valence-corrected chi connectivity index (χ2v) is 5.44. The zero-order valence-corrected chi connectivity index (χ0v) is 12.9. The number of carbonyl (C=O) groups is 1. The minimum Gasteiger partial charge on any atom is -0.466 e. The summed E-state index contributed by atoms with van der Waals surface area (Å²) in [6, 6.07) is 11.5. The number of amides is 1. The average molecular weight is 294 g/mol. The zero-order chi connectivity index (χ0) is 15.7. The van der Waals surface area contributed by atoms with Gasteiger partial charge in [0.2, 0.25) is 0 Å². The number of furan rings is 1. The summed E-state index contributed by atoms with van der Waals surface area (Å²) in [4.78, 5) is 16.8. The predicted molar refractivity (Wildman–Crippen MR) is 85.8 cm³/mol. The minimum absolute atomic E-state index is 0.134. The van der Waals surface area contributed by atoms with Gasteiger partial charge in [0.15, 0.2) is 0 Å². The van der Waals surface area contributed by atoms with Crippen LogP contribution in [0.15, 0.2) is 47.0 Å². The lowest BCUT2D eigenvalue weighted by Crippen LogP contribution is -2.27.